The topological polar surface area (TPSA) is 152 Å². The molecular formula is C31H36N4O8S. The Morgan fingerprint density at radius 1 is 1.11 bits per heavy atom. The molecule has 1 fully saturated rings. The predicted octanol–water partition coefficient (Wildman–Crippen LogP) is 2.11. The molecule has 1 saturated heterocycles. The standard InChI is InChI=1S/C31H36N4O8S/c1-19(32-2)28(36)33-27-30(38)35(24-7-5-6-8-26(24)43-31(27)13-15-42-16-14-31)18-23-22-11-9-21(29(37)34-44(4,39)40)17-20(22)10-12-25(23)41-3/h5-12,17,19,27,32H,13-16,18H2,1-4H3,(H,33,36)(H,34,37). The molecule has 2 unspecified atom stereocenters. The van der Waals surface area contributed by atoms with Gasteiger partial charge in [0.25, 0.3) is 11.8 Å². The van der Waals surface area contributed by atoms with Crippen molar-refractivity contribution in [3.63, 3.8) is 0 Å². The number of ether oxygens (including phenoxy) is 3. The second-order valence-corrected chi connectivity index (χ2v) is 12.8. The number of hydrogen-bond donors (Lipinski definition) is 3. The van der Waals surface area contributed by atoms with Gasteiger partial charge in [-0.2, -0.15) is 0 Å². The van der Waals surface area contributed by atoms with Crippen LogP contribution in [-0.2, 0) is 30.9 Å². The van der Waals surface area contributed by atoms with E-state index in [1.165, 1.54) is 13.2 Å². The normalized spacial score (nSPS) is 18.6. The smallest absolute Gasteiger partial charge is 0.264 e. The summed E-state index contributed by atoms with van der Waals surface area (Å²) in [5, 5.41) is 7.24. The maximum atomic E-state index is 14.7. The highest BCUT2D eigenvalue weighted by molar-refractivity contribution is 7.89. The van der Waals surface area contributed by atoms with E-state index in [0.29, 0.717) is 59.6 Å². The van der Waals surface area contributed by atoms with Crippen molar-refractivity contribution in [2.75, 3.05) is 38.5 Å². The molecule has 2 aliphatic rings. The largest absolute Gasteiger partial charge is 0.496 e. The van der Waals surface area contributed by atoms with Crippen molar-refractivity contribution in [3.05, 3.63) is 65.7 Å². The van der Waals surface area contributed by atoms with E-state index in [2.05, 4.69) is 10.6 Å². The summed E-state index contributed by atoms with van der Waals surface area (Å²) in [6.45, 7) is 2.51. The van der Waals surface area contributed by atoms with Crippen molar-refractivity contribution in [3.8, 4) is 11.5 Å². The molecular weight excluding hydrogens is 588 g/mol. The summed E-state index contributed by atoms with van der Waals surface area (Å²) in [6.07, 6.45) is 1.71. The number of sulfonamides is 1. The van der Waals surface area contributed by atoms with Gasteiger partial charge in [0.1, 0.15) is 23.1 Å². The number of carbonyl (C=O) groups is 3. The van der Waals surface area contributed by atoms with Crippen LogP contribution in [0.1, 0.15) is 35.7 Å². The summed E-state index contributed by atoms with van der Waals surface area (Å²) in [6, 6.07) is 14.0. The number of para-hydroxylation sites is 2. The fourth-order valence-corrected chi connectivity index (χ4v) is 6.12. The first kappa shape index (κ1) is 31.2. The van der Waals surface area contributed by atoms with E-state index in [-0.39, 0.29) is 23.9 Å². The second-order valence-electron chi connectivity index (χ2n) is 11.0. The number of nitrogens with zero attached hydrogens (tertiary/aromatic N) is 1. The van der Waals surface area contributed by atoms with Crippen LogP contribution in [-0.4, -0.2) is 77.5 Å². The maximum absolute atomic E-state index is 14.7. The molecule has 0 bridgehead atoms. The van der Waals surface area contributed by atoms with Crippen molar-refractivity contribution >= 4 is 44.2 Å². The zero-order chi connectivity index (χ0) is 31.6. The van der Waals surface area contributed by atoms with Crippen LogP contribution in [0.5, 0.6) is 11.5 Å². The molecule has 0 saturated carbocycles. The van der Waals surface area contributed by atoms with Crippen LogP contribution in [0.15, 0.2) is 54.6 Å². The fraction of sp³-hybridized carbons (Fsp3) is 0.387. The van der Waals surface area contributed by atoms with Gasteiger partial charge in [0.05, 0.1) is 44.9 Å². The molecule has 5 rings (SSSR count). The minimum atomic E-state index is -3.75. The van der Waals surface area contributed by atoms with Crippen LogP contribution in [0, 0.1) is 0 Å². The molecule has 3 aromatic rings. The molecule has 2 atom stereocenters. The molecule has 3 amide bonds. The Bertz CT molecular complexity index is 1700. The lowest BCUT2D eigenvalue weighted by molar-refractivity contribution is -0.138. The van der Waals surface area contributed by atoms with Gasteiger partial charge in [-0.25, -0.2) is 13.1 Å². The second kappa shape index (κ2) is 12.4. The zero-order valence-electron chi connectivity index (χ0n) is 25.0. The Morgan fingerprint density at radius 2 is 1.84 bits per heavy atom. The first-order valence-electron chi connectivity index (χ1n) is 14.2. The minimum absolute atomic E-state index is 0.0507. The SMILES string of the molecule is CNC(C)C(=O)NC1C(=O)N(Cc2c(OC)ccc3cc(C(=O)NS(C)(=O)=O)ccc23)c2ccccc2OC12CCOCC2. The maximum Gasteiger partial charge on any atom is 0.264 e. The van der Waals surface area contributed by atoms with Crippen LogP contribution in [0.2, 0.25) is 0 Å². The highest BCUT2D eigenvalue weighted by Gasteiger charge is 2.51. The molecule has 1 spiro atoms. The van der Waals surface area contributed by atoms with Crippen molar-refractivity contribution in [2.24, 2.45) is 0 Å². The summed E-state index contributed by atoms with van der Waals surface area (Å²) >= 11 is 0. The molecule has 2 aliphatic heterocycles. The number of nitrogens with one attached hydrogen (secondary N) is 3. The monoisotopic (exact) mass is 624 g/mol. The Balaban J connectivity index is 1.61. The van der Waals surface area contributed by atoms with Crippen LogP contribution >= 0.6 is 0 Å². The van der Waals surface area contributed by atoms with Crippen LogP contribution in [0.3, 0.4) is 0 Å². The Kier molecular flexibility index (Phi) is 8.82. The number of likely N-dealkylation sites (N-methyl/N-ethyl adjacent to an activating group) is 1. The van der Waals surface area contributed by atoms with E-state index in [1.807, 2.05) is 16.9 Å². The van der Waals surface area contributed by atoms with Crippen LogP contribution in [0.25, 0.3) is 10.8 Å². The van der Waals surface area contributed by atoms with E-state index in [4.69, 9.17) is 14.2 Å². The average molecular weight is 625 g/mol. The number of benzene rings is 3. The van der Waals surface area contributed by atoms with Crippen molar-refractivity contribution < 1.29 is 37.0 Å². The van der Waals surface area contributed by atoms with Gasteiger partial charge < -0.3 is 29.7 Å². The molecule has 44 heavy (non-hydrogen) atoms. The molecule has 3 N–H and O–H groups in total. The lowest BCUT2D eigenvalue weighted by Crippen LogP contribution is -2.65. The van der Waals surface area contributed by atoms with E-state index in [0.717, 1.165) is 6.26 Å². The quantitative estimate of drug-likeness (QED) is 0.342. The number of anilines is 1. The predicted molar refractivity (Wildman–Crippen MR) is 164 cm³/mol. The van der Waals surface area contributed by atoms with E-state index in [9.17, 15) is 22.8 Å². The van der Waals surface area contributed by atoms with Gasteiger partial charge in [-0.15, -0.1) is 0 Å². The Morgan fingerprint density at radius 3 is 2.52 bits per heavy atom. The summed E-state index contributed by atoms with van der Waals surface area (Å²) in [7, 11) is -0.553. The minimum Gasteiger partial charge on any atom is -0.496 e. The molecule has 2 heterocycles. The highest BCUT2D eigenvalue weighted by Crippen LogP contribution is 2.42. The lowest BCUT2D eigenvalue weighted by atomic mass is 9.84. The average Bonchev–Trinajstić information content (AvgIpc) is 3.09. The van der Waals surface area contributed by atoms with Gasteiger partial charge in [0.2, 0.25) is 15.9 Å². The first-order valence-corrected chi connectivity index (χ1v) is 16.1. The van der Waals surface area contributed by atoms with E-state index in [1.54, 1.807) is 55.3 Å². The molecule has 0 aliphatic carbocycles. The number of fused-ring (bicyclic) bond motifs is 2. The lowest BCUT2D eigenvalue weighted by Gasteiger charge is -2.41. The number of hydrogen-bond acceptors (Lipinski definition) is 9. The summed E-state index contributed by atoms with van der Waals surface area (Å²) < 4.78 is 43.3. The Labute approximate surface area is 256 Å². The summed E-state index contributed by atoms with van der Waals surface area (Å²) in [4.78, 5) is 42.0. The van der Waals surface area contributed by atoms with E-state index >= 15 is 0 Å². The third-order valence-electron chi connectivity index (χ3n) is 8.13. The first-order chi connectivity index (χ1) is 21.0. The zero-order valence-corrected chi connectivity index (χ0v) is 25.8. The van der Waals surface area contributed by atoms with Gasteiger partial charge in [0, 0.05) is 24.0 Å². The molecule has 13 heteroatoms. The number of methoxy groups -OCH3 is 1. The number of amides is 3. The highest BCUT2D eigenvalue weighted by atomic mass is 32.2. The van der Waals surface area contributed by atoms with Gasteiger partial charge >= 0.3 is 0 Å². The van der Waals surface area contributed by atoms with Gasteiger partial charge in [-0.3, -0.25) is 14.4 Å². The fourth-order valence-electron chi connectivity index (χ4n) is 5.66. The molecule has 0 radical (unpaired) electrons. The molecule has 12 nitrogen and oxygen atoms in total. The van der Waals surface area contributed by atoms with Crippen LogP contribution in [0.4, 0.5) is 5.69 Å². The van der Waals surface area contributed by atoms with Gasteiger partial charge in [0.15, 0.2) is 0 Å². The molecule has 3 aromatic carbocycles. The van der Waals surface area contributed by atoms with Crippen molar-refractivity contribution in [1.82, 2.24) is 15.4 Å². The molecule has 0 aromatic heterocycles. The van der Waals surface area contributed by atoms with Crippen molar-refractivity contribution in [1.29, 1.82) is 0 Å². The number of rotatable bonds is 8. The number of carbonyl (C=O) groups excluding carboxylic acids is 3. The molecule has 234 valence electrons. The third kappa shape index (κ3) is 6.21. The summed E-state index contributed by atoms with van der Waals surface area (Å²) in [5.41, 5.74) is 0.310. The van der Waals surface area contributed by atoms with Gasteiger partial charge in [-0.1, -0.05) is 24.3 Å². The van der Waals surface area contributed by atoms with Gasteiger partial charge in [-0.05, 0) is 55.1 Å². The van der Waals surface area contributed by atoms with Crippen LogP contribution < -0.4 is 29.7 Å². The summed E-state index contributed by atoms with van der Waals surface area (Å²) in [5.74, 6) is -0.436. The Hall–Kier alpha value is -4.20. The third-order valence-corrected chi connectivity index (χ3v) is 8.68. The van der Waals surface area contributed by atoms with Crippen molar-refractivity contribution in [2.45, 2.75) is 44.0 Å². The van der Waals surface area contributed by atoms with E-state index < -0.39 is 33.6 Å².